The number of hydrogen-bond acceptors (Lipinski definition) is 6. The fourth-order valence-corrected chi connectivity index (χ4v) is 4.73. The van der Waals surface area contributed by atoms with Crippen LogP contribution in [0.4, 0.5) is 0 Å². The predicted molar refractivity (Wildman–Crippen MR) is 105 cm³/mol. The van der Waals surface area contributed by atoms with Crippen LogP contribution in [-0.4, -0.2) is 27.2 Å². The van der Waals surface area contributed by atoms with Crippen LogP contribution in [0, 0.1) is 0 Å². The van der Waals surface area contributed by atoms with E-state index < -0.39 is 0 Å². The lowest BCUT2D eigenvalue weighted by atomic mass is 10.2. The van der Waals surface area contributed by atoms with Gasteiger partial charge in [0.05, 0.1) is 22.1 Å². The Bertz CT molecular complexity index is 989. The van der Waals surface area contributed by atoms with E-state index in [0.29, 0.717) is 27.8 Å². The molecule has 0 bridgehead atoms. The van der Waals surface area contributed by atoms with Crippen LogP contribution in [-0.2, 0) is 4.79 Å². The first-order chi connectivity index (χ1) is 12.5. The van der Waals surface area contributed by atoms with Crippen molar-refractivity contribution in [3.05, 3.63) is 40.0 Å². The first-order valence-electron chi connectivity index (χ1n) is 8.54. The smallest absolute Gasteiger partial charge is 0.260 e. The molecule has 3 heterocycles. The number of amides is 1. The van der Waals surface area contributed by atoms with Gasteiger partial charge in [0, 0.05) is 17.0 Å². The van der Waals surface area contributed by atoms with Crippen molar-refractivity contribution in [2.45, 2.75) is 43.2 Å². The summed E-state index contributed by atoms with van der Waals surface area (Å²) >= 11 is 2.91. The van der Waals surface area contributed by atoms with E-state index in [1.807, 2.05) is 25.3 Å². The van der Waals surface area contributed by atoms with E-state index in [4.69, 9.17) is 4.42 Å². The van der Waals surface area contributed by atoms with Crippen molar-refractivity contribution >= 4 is 39.2 Å². The maximum atomic E-state index is 12.6. The highest BCUT2D eigenvalue weighted by Crippen LogP contribution is 2.34. The molecular formula is C18H19N3O3S2. The van der Waals surface area contributed by atoms with E-state index in [9.17, 15) is 9.59 Å². The van der Waals surface area contributed by atoms with E-state index in [2.05, 4.69) is 15.3 Å². The molecule has 136 valence electrons. The SMILES string of the molecule is C[C@H](S[C@@H](C)c1nc2scc(-c3ccco3)c2c(=O)[nH]1)C(=O)NC1CC1. The van der Waals surface area contributed by atoms with Crippen LogP contribution in [0.25, 0.3) is 21.5 Å². The third kappa shape index (κ3) is 3.43. The molecule has 2 atom stereocenters. The van der Waals surface area contributed by atoms with Crippen molar-refractivity contribution in [3.63, 3.8) is 0 Å². The molecule has 0 aliphatic heterocycles. The number of rotatable bonds is 6. The van der Waals surface area contributed by atoms with Gasteiger partial charge in [0.2, 0.25) is 5.91 Å². The average molecular weight is 390 g/mol. The molecule has 1 amide bonds. The molecule has 26 heavy (non-hydrogen) atoms. The molecule has 0 spiro atoms. The lowest BCUT2D eigenvalue weighted by Gasteiger charge is -2.16. The third-order valence-corrected chi connectivity index (χ3v) is 6.46. The molecule has 4 rings (SSSR count). The second kappa shape index (κ2) is 6.92. The van der Waals surface area contributed by atoms with E-state index in [1.165, 1.54) is 23.1 Å². The van der Waals surface area contributed by atoms with Gasteiger partial charge in [-0.2, -0.15) is 0 Å². The summed E-state index contributed by atoms with van der Waals surface area (Å²) in [5, 5.41) is 5.15. The maximum Gasteiger partial charge on any atom is 0.260 e. The monoisotopic (exact) mass is 389 g/mol. The quantitative estimate of drug-likeness (QED) is 0.671. The molecule has 1 fully saturated rings. The van der Waals surface area contributed by atoms with E-state index in [1.54, 1.807) is 12.3 Å². The largest absolute Gasteiger partial charge is 0.464 e. The van der Waals surface area contributed by atoms with Gasteiger partial charge >= 0.3 is 0 Å². The number of thiophene rings is 1. The van der Waals surface area contributed by atoms with Crippen LogP contribution in [0.15, 0.2) is 33.0 Å². The van der Waals surface area contributed by atoms with E-state index >= 15 is 0 Å². The topological polar surface area (TPSA) is 88.0 Å². The van der Waals surface area contributed by atoms with Crippen LogP contribution < -0.4 is 10.9 Å². The number of furan rings is 1. The average Bonchev–Trinajstić information content (AvgIpc) is 3.10. The number of thioether (sulfide) groups is 1. The van der Waals surface area contributed by atoms with Gasteiger partial charge in [0.25, 0.3) is 5.56 Å². The highest BCUT2D eigenvalue weighted by molar-refractivity contribution is 8.00. The van der Waals surface area contributed by atoms with Crippen molar-refractivity contribution in [1.82, 2.24) is 15.3 Å². The van der Waals surface area contributed by atoms with Crippen molar-refractivity contribution in [1.29, 1.82) is 0 Å². The highest BCUT2D eigenvalue weighted by atomic mass is 32.2. The number of nitrogens with one attached hydrogen (secondary N) is 2. The van der Waals surface area contributed by atoms with Gasteiger partial charge in [-0.25, -0.2) is 4.98 Å². The normalized spacial score (nSPS) is 16.5. The predicted octanol–water partition coefficient (Wildman–Crippen LogP) is 3.71. The van der Waals surface area contributed by atoms with Crippen molar-refractivity contribution < 1.29 is 9.21 Å². The van der Waals surface area contributed by atoms with E-state index in [-0.39, 0.29) is 22.0 Å². The number of carbonyl (C=O) groups is 1. The molecule has 0 unspecified atom stereocenters. The number of H-pyrrole nitrogens is 1. The first-order valence-corrected chi connectivity index (χ1v) is 10.4. The fraction of sp³-hybridized carbons (Fsp3) is 0.389. The summed E-state index contributed by atoms with van der Waals surface area (Å²) in [6, 6.07) is 3.97. The lowest BCUT2D eigenvalue weighted by molar-refractivity contribution is -0.120. The molecule has 8 heteroatoms. The fourth-order valence-electron chi connectivity index (χ4n) is 2.75. The number of aromatic nitrogens is 2. The van der Waals surface area contributed by atoms with Gasteiger partial charge in [0.15, 0.2) is 0 Å². The zero-order valence-electron chi connectivity index (χ0n) is 14.4. The van der Waals surface area contributed by atoms with Gasteiger partial charge in [-0.05, 0) is 38.8 Å². The summed E-state index contributed by atoms with van der Waals surface area (Å²) in [7, 11) is 0. The molecular weight excluding hydrogens is 370 g/mol. The highest BCUT2D eigenvalue weighted by Gasteiger charge is 2.27. The van der Waals surface area contributed by atoms with Gasteiger partial charge in [-0.3, -0.25) is 9.59 Å². The zero-order valence-corrected chi connectivity index (χ0v) is 16.1. The minimum absolute atomic E-state index is 0.0454. The standard InChI is InChI=1S/C18H19N3O3S2/c1-9(26-10(2)16(22)19-11-5-6-11)15-20-17(23)14-12(8-25-18(14)21-15)13-4-3-7-24-13/h3-4,7-11H,5-6H2,1-2H3,(H,19,22)(H,20,21,23)/t9-,10-/m0/s1. The van der Waals surface area contributed by atoms with Gasteiger partial charge in [0.1, 0.15) is 16.4 Å². The second-order valence-corrected chi connectivity index (χ2v) is 9.01. The number of carbonyl (C=O) groups excluding carboxylic acids is 1. The summed E-state index contributed by atoms with van der Waals surface area (Å²) in [5.74, 6) is 1.29. The minimum Gasteiger partial charge on any atom is -0.464 e. The Morgan fingerprint density at radius 2 is 2.27 bits per heavy atom. The summed E-state index contributed by atoms with van der Waals surface area (Å²) in [5.41, 5.74) is 0.577. The Morgan fingerprint density at radius 3 is 2.96 bits per heavy atom. The Balaban J connectivity index is 1.57. The molecule has 2 N–H and O–H groups in total. The second-order valence-electron chi connectivity index (χ2n) is 6.46. The minimum atomic E-state index is -0.200. The summed E-state index contributed by atoms with van der Waals surface area (Å²) < 4.78 is 5.41. The Morgan fingerprint density at radius 1 is 1.46 bits per heavy atom. The molecule has 3 aromatic heterocycles. The number of fused-ring (bicyclic) bond motifs is 1. The number of nitrogens with zero attached hydrogens (tertiary/aromatic N) is 1. The van der Waals surface area contributed by atoms with Crippen molar-refractivity contribution in [2.24, 2.45) is 0 Å². The van der Waals surface area contributed by atoms with Gasteiger partial charge in [-0.15, -0.1) is 23.1 Å². The molecule has 1 aliphatic rings. The number of aromatic amines is 1. The molecule has 6 nitrogen and oxygen atoms in total. The van der Waals surface area contributed by atoms with Gasteiger partial charge < -0.3 is 14.7 Å². The molecule has 1 saturated carbocycles. The summed E-state index contributed by atoms with van der Waals surface area (Å²) in [6.07, 6.45) is 3.73. The van der Waals surface area contributed by atoms with Crippen LogP contribution >= 0.6 is 23.1 Å². The van der Waals surface area contributed by atoms with E-state index in [0.717, 1.165) is 18.4 Å². The number of hydrogen-bond donors (Lipinski definition) is 2. The van der Waals surface area contributed by atoms with Crippen LogP contribution in [0.1, 0.15) is 37.8 Å². The van der Waals surface area contributed by atoms with Crippen LogP contribution in [0.5, 0.6) is 0 Å². The van der Waals surface area contributed by atoms with Crippen molar-refractivity contribution in [2.75, 3.05) is 0 Å². The molecule has 3 aromatic rings. The van der Waals surface area contributed by atoms with Crippen LogP contribution in [0.3, 0.4) is 0 Å². The summed E-state index contributed by atoms with van der Waals surface area (Å²) in [4.78, 5) is 33.0. The Labute approximate surface area is 158 Å². The summed E-state index contributed by atoms with van der Waals surface area (Å²) in [6.45, 7) is 3.84. The van der Waals surface area contributed by atoms with Crippen molar-refractivity contribution in [3.8, 4) is 11.3 Å². The lowest BCUT2D eigenvalue weighted by Crippen LogP contribution is -2.33. The molecule has 0 aromatic carbocycles. The Hall–Kier alpha value is -2.06. The third-order valence-electron chi connectivity index (χ3n) is 4.34. The Kier molecular flexibility index (Phi) is 4.62. The van der Waals surface area contributed by atoms with Crippen LogP contribution in [0.2, 0.25) is 0 Å². The molecule has 1 aliphatic carbocycles. The first kappa shape index (κ1) is 17.4. The van der Waals surface area contributed by atoms with Gasteiger partial charge in [-0.1, -0.05) is 0 Å². The molecule has 0 radical (unpaired) electrons. The molecule has 0 saturated heterocycles. The zero-order chi connectivity index (χ0) is 18.3. The maximum absolute atomic E-state index is 12.6.